The van der Waals surface area contributed by atoms with Gasteiger partial charge in [-0.05, 0) is 12.5 Å². The molecule has 0 bridgehead atoms. The van der Waals surface area contributed by atoms with Gasteiger partial charge in [0.05, 0.1) is 5.69 Å². The van der Waals surface area contributed by atoms with Crippen LogP contribution in [0.3, 0.4) is 0 Å². The molecule has 1 atom stereocenters. The molecular formula is C11H14ClN3. The monoisotopic (exact) mass is 223 g/mol. The van der Waals surface area contributed by atoms with Crippen molar-refractivity contribution in [3.63, 3.8) is 0 Å². The van der Waals surface area contributed by atoms with E-state index in [2.05, 4.69) is 22.6 Å². The quantitative estimate of drug-likeness (QED) is 0.836. The Balaban J connectivity index is 2.21. The number of halogens is 1. The van der Waals surface area contributed by atoms with Gasteiger partial charge in [0.15, 0.2) is 0 Å². The molecule has 0 spiro atoms. The Bertz CT molecular complexity index is 417. The van der Waals surface area contributed by atoms with E-state index in [0.717, 1.165) is 23.0 Å². The number of anilines is 1. The van der Waals surface area contributed by atoms with Gasteiger partial charge in [0.1, 0.15) is 5.82 Å². The third kappa shape index (κ3) is 2.07. The van der Waals surface area contributed by atoms with Gasteiger partial charge in [0.2, 0.25) is 0 Å². The van der Waals surface area contributed by atoms with Crippen LogP contribution in [-0.2, 0) is 7.05 Å². The normalized spacial score (nSPS) is 20.2. The molecule has 2 rings (SSSR count). The molecule has 0 aliphatic heterocycles. The van der Waals surface area contributed by atoms with Crippen LogP contribution in [0, 0.1) is 0 Å². The summed E-state index contributed by atoms with van der Waals surface area (Å²) in [4.78, 5) is 0. The van der Waals surface area contributed by atoms with Gasteiger partial charge in [-0.2, -0.15) is 5.10 Å². The zero-order valence-electron chi connectivity index (χ0n) is 8.87. The van der Waals surface area contributed by atoms with E-state index >= 15 is 0 Å². The molecular weight excluding hydrogens is 210 g/mol. The van der Waals surface area contributed by atoms with E-state index in [-0.39, 0.29) is 0 Å². The van der Waals surface area contributed by atoms with Crippen molar-refractivity contribution in [2.45, 2.75) is 12.3 Å². The van der Waals surface area contributed by atoms with Crippen LogP contribution < -0.4 is 5.32 Å². The molecule has 0 amide bonds. The van der Waals surface area contributed by atoms with Gasteiger partial charge in [0, 0.05) is 31.1 Å². The Hall–Kier alpha value is -1.22. The second-order valence-electron chi connectivity index (χ2n) is 3.62. The SMILES string of the molecule is CNc1cc(C2C=CC(Cl)=CC2)nn1C. The van der Waals surface area contributed by atoms with E-state index in [0.29, 0.717) is 5.92 Å². The Labute approximate surface area is 94.4 Å². The lowest BCUT2D eigenvalue weighted by Crippen LogP contribution is -2.00. The molecule has 1 heterocycles. The first-order valence-corrected chi connectivity index (χ1v) is 5.34. The first kappa shape index (κ1) is 10.3. The standard InChI is InChI=1S/C11H14ClN3/c1-13-11-7-10(14-15(11)2)8-3-5-9(12)6-4-8/h3,5-8,13H,4H2,1-2H3. The molecule has 0 saturated heterocycles. The summed E-state index contributed by atoms with van der Waals surface area (Å²) in [5.74, 6) is 1.37. The number of aromatic nitrogens is 2. The molecule has 15 heavy (non-hydrogen) atoms. The van der Waals surface area contributed by atoms with Crippen molar-refractivity contribution in [1.82, 2.24) is 9.78 Å². The van der Waals surface area contributed by atoms with Crippen LogP contribution in [-0.4, -0.2) is 16.8 Å². The predicted molar refractivity (Wildman–Crippen MR) is 63.2 cm³/mol. The minimum absolute atomic E-state index is 0.348. The summed E-state index contributed by atoms with van der Waals surface area (Å²) in [6.07, 6.45) is 6.99. The molecule has 1 aromatic rings. The van der Waals surface area contributed by atoms with Crippen molar-refractivity contribution in [2.75, 3.05) is 12.4 Å². The van der Waals surface area contributed by atoms with Crippen LogP contribution >= 0.6 is 11.6 Å². The highest BCUT2D eigenvalue weighted by molar-refractivity contribution is 6.31. The summed E-state index contributed by atoms with van der Waals surface area (Å²) < 4.78 is 1.85. The zero-order valence-corrected chi connectivity index (χ0v) is 9.62. The van der Waals surface area contributed by atoms with Gasteiger partial charge in [-0.15, -0.1) is 0 Å². The maximum absolute atomic E-state index is 5.87. The Morgan fingerprint density at radius 3 is 2.93 bits per heavy atom. The number of hydrogen-bond donors (Lipinski definition) is 1. The number of nitrogens with zero attached hydrogens (tertiary/aromatic N) is 2. The smallest absolute Gasteiger partial charge is 0.123 e. The zero-order chi connectivity index (χ0) is 10.8. The molecule has 1 aliphatic rings. The highest BCUT2D eigenvalue weighted by Crippen LogP contribution is 2.28. The molecule has 0 aromatic carbocycles. The van der Waals surface area contributed by atoms with Gasteiger partial charge >= 0.3 is 0 Å². The molecule has 80 valence electrons. The van der Waals surface area contributed by atoms with E-state index < -0.39 is 0 Å². The van der Waals surface area contributed by atoms with Crippen molar-refractivity contribution in [3.8, 4) is 0 Å². The number of rotatable bonds is 2. The number of aryl methyl sites for hydroxylation is 1. The molecule has 0 saturated carbocycles. The molecule has 1 unspecified atom stereocenters. The summed E-state index contributed by atoms with van der Waals surface area (Å²) in [6, 6.07) is 2.07. The van der Waals surface area contributed by atoms with Gasteiger partial charge in [-0.25, -0.2) is 0 Å². The topological polar surface area (TPSA) is 29.9 Å². The third-order valence-corrected chi connectivity index (χ3v) is 2.87. The number of allylic oxidation sites excluding steroid dienone is 4. The highest BCUT2D eigenvalue weighted by atomic mass is 35.5. The van der Waals surface area contributed by atoms with Crippen LogP contribution in [0.5, 0.6) is 0 Å². The van der Waals surface area contributed by atoms with Gasteiger partial charge < -0.3 is 5.32 Å². The van der Waals surface area contributed by atoms with Crippen LogP contribution in [0.15, 0.2) is 29.3 Å². The first-order chi connectivity index (χ1) is 7.20. The summed E-state index contributed by atoms with van der Waals surface area (Å²) in [5, 5.41) is 8.37. The Kier molecular flexibility index (Phi) is 2.82. The summed E-state index contributed by atoms with van der Waals surface area (Å²) >= 11 is 5.87. The second kappa shape index (κ2) is 4.11. The van der Waals surface area contributed by atoms with Crippen LogP contribution in [0.1, 0.15) is 18.0 Å². The van der Waals surface area contributed by atoms with Crippen LogP contribution in [0.4, 0.5) is 5.82 Å². The second-order valence-corrected chi connectivity index (χ2v) is 4.05. The number of nitrogens with one attached hydrogen (secondary N) is 1. The van der Waals surface area contributed by atoms with Crippen molar-refractivity contribution in [2.24, 2.45) is 7.05 Å². The lowest BCUT2D eigenvalue weighted by molar-refractivity contribution is 0.717. The first-order valence-electron chi connectivity index (χ1n) is 4.96. The lowest BCUT2D eigenvalue weighted by atomic mass is 9.97. The molecule has 1 N–H and O–H groups in total. The lowest BCUT2D eigenvalue weighted by Gasteiger charge is -2.10. The molecule has 0 radical (unpaired) electrons. The fourth-order valence-corrected chi connectivity index (χ4v) is 1.88. The average molecular weight is 224 g/mol. The molecule has 1 aliphatic carbocycles. The Morgan fingerprint density at radius 2 is 2.40 bits per heavy atom. The fraction of sp³-hybridized carbons (Fsp3) is 0.364. The maximum Gasteiger partial charge on any atom is 0.123 e. The average Bonchev–Trinajstić information content (AvgIpc) is 2.61. The van der Waals surface area contributed by atoms with Crippen LogP contribution in [0.2, 0.25) is 0 Å². The predicted octanol–water partition coefficient (Wildman–Crippen LogP) is 2.63. The van der Waals surface area contributed by atoms with Gasteiger partial charge in [-0.1, -0.05) is 23.8 Å². The van der Waals surface area contributed by atoms with Crippen molar-refractivity contribution < 1.29 is 0 Å². The van der Waals surface area contributed by atoms with Gasteiger partial charge in [0.25, 0.3) is 0 Å². The van der Waals surface area contributed by atoms with E-state index in [9.17, 15) is 0 Å². The summed E-state index contributed by atoms with van der Waals surface area (Å²) in [7, 11) is 3.83. The van der Waals surface area contributed by atoms with Crippen molar-refractivity contribution in [1.29, 1.82) is 0 Å². The minimum Gasteiger partial charge on any atom is -0.373 e. The molecule has 3 nitrogen and oxygen atoms in total. The third-order valence-electron chi connectivity index (χ3n) is 2.59. The van der Waals surface area contributed by atoms with Gasteiger partial charge in [-0.3, -0.25) is 4.68 Å². The van der Waals surface area contributed by atoms with E-state index in [4.69, 9.17) is 11.6 Å². The summed E-state index contributed by atoms with van der Waals surface area (Å²) in [6.45, 7) is 0. The highest BCUT2D eigenvalue weighted by Gasteiger charge is 2.14. The summed E-state index contributed by atoms with van der Waals surface area (Å²) in [5.41, 5.74) is 1.08. The van der Waals surface area contributed by atoms with E-state index in [1.807, 2.05) is 30.9 Å². The molecule has 1 aromatic heterocycles. The maximum atomic E-state index is 5.87. The fourth-order valence-electron chi connectivity index (χ4n) is 1.72. The van der Waals surface area contributed by atoms with E-state index in [1.54, 1.807) is 0 Å². The molecule has 0 fully saturated rings. The largest absolute Gasteiger partial charge is 0.373 e. The van der Waals surface area contributed by atoms with E-state index in [1.165, 1.54) is 0 Å². The van der Waals surface area contributed by atoms with Crippen LogP contribution in [0.25, 0.3) is 0 Å². The Morgan fingerprint density at radius 1 is 1.60 bits per heavy atom. The minimum atomic E-state index is 0.348. The van der Waals surface area contributed by atoms with Crippen molar-refractivity contribution >= 4 is 17.4 Å². The molecule has 4 heteroatoms. The number of hydrogen-bond acceptors (Lipinski definition) is 2. The van der Waals surface area contributed by atoms with Crippen molar-refractivity contribution in [3.05, 3.63) is 35.0 Å².